The fourth-order valence-corrected chi connectivity index (χ4v) is 3.11. The fraction of sp³-hybridized carbons (Fsp3) is 0.526. The molecular weight excluding hydrogens is 395 g/mol. The lowest BCUT2D eigenvalue weighted by Gasteiger charge is -2.25. The SMILES string of the molecule is CCCCOc1c(CN)n(CC(C)(C)C)c(=O)c2cc(Cl)c(Cl)cc12.Cl. The zero-order valence-corrected chi connectivity index (χ0v) is 18.0. The highest BCUT2D eigenvalue weighted by Crippen LogP contribution is 2.34. The van der Waals surface area contributed by atoms with Gasteiger partial charge in [0.1, 0.15) is 5.75 Å². The van der Waals surface area contributed by atoms with Crippen LogP contribution in [-0.2, 0) is 13.1 Å². The normalized spacial score (nSPS) is 11.5. The Morgan fingerprint density at radius 2 is 1.73 bits per heavy atom. The molecule has 0 radical (unpaired) electrons. The van der Waals surface area contributed by atoms with Crippen LogP contribution >= 0.6 is 35.6 Å². The molecular formula is C19H27Cl3N2O2. The zero-order valence-electron chi connectivity index (χ0n) is 15.7. The van der Waals surface area contributed by atoms with Gasteiger partial charge < -0.3 is 15.0 Å². The first-order valence-electron chi connectivity index (χ1n) is 8.57. The minimum atomic E-state index is -0.119. The predicted molar refractivity (Wildman–Crippen MR) is 113 cm³/mol. The maximum Gasteiger partial charge on any atom is 0.258 e. The van der Waals surface area contributed by atoms with Gasteiger partial charge in [-0.25, -0.2) is 0 Å². The Labute approximate surface area is 171 Å². The first kappa shape index (κ1) is 23.1. The second-order valence-corrected chi connectivity index (χ2v) is 8.26. The highest BCUT2D eigenvalue weighted by Gasteiger charge is 2.22. The lowest BCUT2D eigenvalue weighted by Crippen LogP contribution is -2.31. The van der Waals surface area contributed by atoms with Gasteiger partial charge in [0.05, 0.1) is 27.7 Å². The van der Waals surface area contributed by atoms with Crippen LogP contribution in [0.2, 0.25) is 10.0 Å². The van der Waals surface area contributed by atoms with Crippen molar-refractivity contribution >= 4 is 46.4 Å². The Hall–Kier alpha value is -0.940. The quantitative estimate of drug-likeness (QED) is 0.634. The molecule has 2 rings (SSSR count). The standard InChI is InChI=1S/C19H26Cl2N2O2.ClH/c1-5-6-7-25-17-12-8-14(20)15(21)9-13(12)18(24)23(16(17)10-22)11-19(2,3)4;/h8-9H,5-7,10-11,22H2,1-4H3;1H. The summed E-state index contributed by atoms with van der Waals surface area (Å²) in [5.74, 6) is 0.633. The first-order chi connectivity index (χ1) is 11.7. The van der Waals surface area contributed by atoms with Crippen molar-refractivity contribution in [3.63, 3.8) is 0 Å². The van der Waals surface area contributed by atoms with Gasteiger partial charge in [-0.1, -0.05) is 57.3 Å². The van der Waals surface area contributed by atoms with E-state index in [-0.39, 0.29) is 29.9 Å². The third kappa shape index (κ3) is 5.07. The molecule has 146 valence electrons. The number of nitrogens with two attached hydrogens (primary N) is 1. The smallest absolute Gasteiger partial charge is 0.258 e. The minimum absolute atomic E-state index is 0. The van der Waals surface area contributed by atoms with E-state index in [0.29, 0.717) is 45.4 Å². The number of unbranched alkanes of at least 4 members (excludes halogenated alkanes) is 1. The number of hydrogen-bond acceptors (Lipinski definition) is 3. The summed E-state index contributed by atoms with van der Waals surface area (Å²) in [6.07, 6.45) is 1.94. The Kier molecular flexibility index (Phi) is 8.28. The number of hydrogen-bond donors (Lipinski definition) is 1. The topological polar surface area (TPSA) is 57.2 Å². The van der Waals surface area contributed by atoms with Crippen LogP contribution in [0.1, 0.15) is 46.2 Å². The van der Waals surface area contributed by atoms with Gasteiger partial charge in [0.15, 0.2) is 0 Å². The van der Waals surface area contributed by atoms with Crippen LogP contribution in [0.15, 0.2) is 16.9 Å². The number of rotatable bonds is 6. The summed E-state index contributed by atoms with van der Waals surface area (Å²) in [6, 6.07) is 3.32. The summed E-state index contributed by atoms with van der Waals surface area (Å²) in [5.41, 5.74) is 6.50. The van der Waals surface area contributed by atoms with Crippen molar-refractivity contribution in [3.8, 4) is 5.75 Å². The molecule has 0 aliphatic rings. The molecule has 1 aromatic heterocycles. The van der Waals surface area contributed by atoms with Gasteiger partial charge in [-0.05, 0) is 24.0 Å². The Balaban J connectivity index is 0.00000338. The maximum atomic E-state index is 13.1. The summed E-state index contributed by atoms with van der Waals surface area (Å²) < 4.78 is 7.76. The van der Waals surface area contributed by atoms with Crippen molar-refractivity contribution in [2.24, 2.45) is 11.1 Å². The van der Waals surface area contributed by atoms with E-state index in [4.69, 9.17) is 33.7 Å². The van der Waals surface area contributed by atoms with Gasteiger partial charge in [-0.15, -0.1) is 12.4 Å². The van der Waals surface area contributed by atoms with E-state index in [0.717, 1.165) is 12.8 Å². The third-order valence-corrected chi connectivity index (χ3v) is 4.66. The van der Waals surface area contributed by atoms with E-state index >= 15 is 0 Å². The lowest BCUT2D eigenvalue weighted by molar-refractivity contribution is 0.295. The van der Waals surface area contributed by atoms with Gasteiger partial charge in [0.25, 0.3) is 5.56 Å². The molecule has 0 fully saturated rings. The largest absolute Gasteiger partial charge is 0.491 e. The second kappa shape index (κ2) is 9.32. The molecule has 0 aliphatic carbocycles. The van der Waals surface area contributed by atoms with Crippen molar-refractivity contribution in [1.29, 1.82) is 0 Å². The molecule has 0 bridgehead atoms. The number of halogens is 3. The highest BCUT2D eigenvalue weighted by molar-refractivity contribution is 6.42. The van der Waals surface area contributed by atoms with Gasteiger partial charge >= 0.3 is 0 Å². The van der Waals surface area contributed by atoms with Crippen molar-refractivity contribution < 1.29 is 4.74 Å². The summed E-state index contributed by atoms with van der Waals surface area (Å²) in [4.78, 5) is 13.1. The van der Waals surface area contributed by atoms with E-state index in [9.17, 15) is 4.79 Å². The molecule has 0 spiro atoms. The maximum absolute atomic E-state index is 13.1. The second-order valence-electron chi connectivity index (χ2n) is 7.45. The molecule has 0 saturated heterocycles. The lowest BCUT2D eigenvalue weighted by atomic mass is 9.96. The number of pyridine rings is 1. The monoisotopic (exact) mass is 420 g/mol. The van der Waals surface area contributed by atoms with Crippen molar-refractivity contribution in [1.82, 2.24) is 4.57 Å². The van der Waals surface area contributed by atoms with Crippen LogP contribution in [0.25, 0.3) is 10.8 Å². The fourth-order valence-electron chi connectivity index (χ4n) is 2.78. The number of fused-ring (bicyclic) bond motifs is 1. The molecule has 7 heteroatoms. The Morgan fingerprint density at radius 3 is 2.23 bits per heavy atom. The minimum Gasteiger partial charge on any atom is -0.491 e. The summed E-state index contributed by atoms with van der Waals surface area (Å²) in [5, 5.41) is 1.92. The van der Waals surface area contributed by atoms with Crippen molar-refractivity contribution in [2.75, 3.05) is 6.61 Å². The molecule has 1 heterocycles. The predicted octanol–water partition coefficient (Wildman–Crippen LogP) is 5.41. The molecule has 26 heavy (non-hydrogen) atoms. The van der Waals surface area contributed by atoms with Crippen LogP contribution in [0.5, 0.6) is 5.75 Å². The van der Waals surface area contributed by atoms with E-state index in [1.165, 1.54) is 0 Å². The molecule has 1 aromatic carbocycles. The number of ether oxygens (including phenoxy) is 1. The van der Waals surface area contributed by atoms with Crippen LogP contribution in [0, 0.1) is 5.41 Å². The van der Waals surface area contributed by atoms with Gasteiger partial charge in [0, 0.05) is 18.5 Å². The summed E-state index contributed by atoms with van der Waals surface area (Å²) in [6.45, 7) is 9.65. The zero-order chi connectivity index (χ0) is 18.8. The van der Waals surface area contributed by atoms with E-state index < -0.39 is 0 Å². The highest BCUT2D eigenvalue weighted by atomic mass is 35.5. The van der Waals surface area contributed by atoms with E-state index in [2.05, 4.69) is 27.7 Å². The Bertz CT molecular complexity index is 826. The number of benzene rings is 1. The molecule has 0 saturated carbocycles. The van der Waals surface area contributed by atoms with Crippen LogP contribution in [-0.4, -0.2) is 11.2 Å². The molecule has 2 N–H and O–H groups in total. The molecule has 4 nitrogen and oxygen atoms in total. The van der Waals surface area contributed by atoms with E-state index in [1.54, 1.807) is 16.7 Å². The number of nitrogens with zero attached hydrogens (tertiary/aromatic N) is 1. The average Bonchev–Trinajstić information content (AvgIpc) is 2.52. The van der Waals surface area contributed by atoms with Crippen molar-refractivity contribution in [2.45, 2.75) is 53.6 Å². The molecule has 0 aliphatic heterocycles. The average molecular weight is 422 g/mol. The molecule has 0 unspecified atom stereocenters. The van der Waals surface area contributed by atoms with Crippen LogP contribution in [0.4, 0.5) is 0 Å². The molecule has 0 atom stereocenters. The van der Waals surface area contributed by atoms with Gasteiger partial charge in [-0.3, -0.25) is 4.79 Å². The first-order valence-corrected chi connectivity index (χ1v) is 9.32. The molecule has 2 aromatic rings. The van der Waals surface area contributed by atoms with Gasteiger partial charge in [-0.2, -0.15) is 0 Å². The molecule has 0 amide bonds. The van der Waals surface area contributed by atoms with E-state index in [1.807, 2.05) is 0 Å². The third-order valence-electron chi connectivity index (χ3n) is 3.94. The van der Waals surface area contributed by atoms with Crippen molar-refractivity contribution in [3.05, 3.63) is 38.2 Å². The Morgan fingerprint density at radius 1 is 1.15 bits per heavy atom. The van der Waals surface area contributed by atoms with Gasteiger partial charge in [0.2, 0.25) is 0 Å². The van der Waals surface area contributed by atoms with Crippen LogP contribution in [0.3, 0.4) is 0 Å². The number of aromatic nitrogens is 1. The summed E-state index contributed by atoms with van der Waals surface area (Å²) in [7, 11) is 0. The summed E-state index contributed by atoms with van der Waals surface area (Å²) >= 11 is 12.3. The van der Waals surface area contributed by atoms with Crippen LogP contribution < -0.4 is 16.0 Å².